The quantitative estimate of drug-likeness (QED) is 0.558. The van der Waals surface area contributed by atoms with Gasteiger partial charge in [0, 0.05) is 18.3 Å². The van der Waals surface area contributed by atoms with Crippen LogP contribution in [0.4, 0.5) is 11.4 Å². The van der Waals surface area contributed by atoms with Gasteiger partial charge in [-0.2, -0.15) is 0 Å². The first kappa shape index (κ1) is 12.9. The Labute approximate surface area is 100 Å². The molecule has 0 bridgehead atoms. The van der Waals surface area contributed by atoms with Gasteiger partial charge in [0.25, 0.3) is 5.69 Å². The second kappa shape index (κ2) is 5.78. The van der Waals surface area contributed by atoms with E-state index in [4.69, 9.17) is 10.2 Å². The second-order valence-corrected chi connectivity index (χ2v) is 3.99. The monoisotopic (exact) mass is 290 g/mol. The molecule has 3 N–H and O–H groups in total. The molecule has 0 aromatic heterocycles. The SMILES string of the molecule is O=[N+]([O-])c1cc(NCC(O)CO)ccc1Br. The highest BCUT2D eigenvalue weighted by Crippen LogP contribution is 2.27. The van der Waals surface area contributed by atoms with E-state index in [1.807, 2.05) is 0 Å². The Kier molecular flexibility index (Phi) is 4.66. The highest BCUT2D eigenvalue weighted by molar-refractivity contribution is 9.10. The molecule has 6 nitrogen and oxygen atoms in total. The molecule has 0 heterocycles. The molecule has 0 radical (unpaired) electrons. The lowest BCUT2D eigenvalue weighted by Gasteiger charge is -2.10. The van der Waals surface area contributed by atoms with Crippen molar-refractivity contribution in [1.29, 1.82) is 0 Å². The number of anilines is 1. The Hall–Kier alpha value is -1.18. The third kappa shape index (κ3) is 3.44. The van der Waals surface area contributed by atoms with E-state index in [0.29, 0.717) is 10.2 Å². The van der Waals surface area contributed by atoms with Crippen LogP contribution in [-0.4, -0.2) is 34.4 Å². The van der Waals surface area contributed by atoms with Crippen molar-refractivity contribution >= 4 is 27.3 Å². The van der Waals surface area contributed by atoms with Gasteiger partial charge in [0.05, 0.1) is 22.1 Å². The minimum absolute atomic E-state index is 0.0523. The Morgan fingerprint density at radius 3 is 2.81 bits per heavy atom. The lowest BCUT2D eigenvalue weighted by Crippen LogP contribution is -2.22. The fraction of sp³-hybridized carbons (Fsp3) is 0.333. The molecule has 0 amide bonds. The lowest BCUT2D eigenvalue weighted by atomic mass is 10.2. The first-order chi connectivity index (χ1) is 7.54. The molecule has 1 rings (SSSR count). The van der Waals surface area contributed by atoms with Gasteiger partial charge in [0.15, 0.2) is 0 Å². The van der Waals surface area contributed by atoms with Gasteiger partial charge in [-0.3, -0.25) is 10.1 Å². The van der Waals surface area contributed by atoms with Gasteiger partial charge in [-0.1, -0.05) is 0 Å². The van der Waals surface area contributed by atoms with Gasteiger partial charge in [-0.05, 0) is 28.1 Å². The van der Waals surface area contributed by atoms with E-state index in [2.05, 4.69) is 21.2 Å². The molecule has 1 atom stereocenters. The zero-order valence-electron chi connectivity index (χ0n) is 8.26. The summed E-state index contributed by atoms with van der Waals surface area (Å²) in [5.74, 6) is 0. The van der Waals surface area contributed by atoms with E-state index in [1.165, 1.54) is 6.07 Å². The molecule has 0 aliphatic rings. The summed E-state index contributed by atoms with van der Waals surface area (Å²) >= 11 is 3.07. The van der Waals surface area contributed by atoms with E-state index < -0.39 is 11.0 Å². The maximum Gasteiger partial charge on any atom is 0.285 e. The zero-order chi connectivity index (χ0) is 12.1. The largest absolute Gasteiger partial charge is 0.394 e. The fourth-order valence-corrected chi connectivity index (χ4v) is 1.45. The van der Waals surface area contributed by atoms with E-state index >= 15 is 0 Å². The molecule has 1 aromatic carbocycles. The van der Waals surface area contributed by atoms with Crippen molar-refractivity contribution in [2.45, 2.75) is 6.10 Å². The Morgan fingerprint density at radius 2 is 2.25 bits per heavy atom. The molecule has 0 fully saturated rings. The van der Waals surface area contributed by atoms with Crippen LogP contribution in [-0.2, 0) is 0 Å². The van der Waals surface area contributed by atoms with E-state index in [9.17, 15) is 10.1 Å². The van der Waals surface area contributed by atoms with Crippen molar-refractivity contribution in [2.75, 3.05) is 18.5 Å². The van der Waals surface area contributed by atoms with Crippen molar-refractivity contribution < 1.29 is 15.1 Å². The highest BCUT2D eigenvalue weighted by Gasteiger charge is 2.12. The molecule has 0 saturated carbocycles. The number of nitrogens with zero attached hydrogens (tertiary/aromatic N) is 1. The van der Waals surface area contributed by atoms with Crippen LogP contribution in [0.3, 0.4) is 0 Å². The van der Waals surface area contributed by atoms with Gasteiger partial charge in [-0.15, -0.1) is 0 Å². The molecule has 1 unspecified atom stereocenters. The van der Waals surface area contributed by atoms with Crippen LogP contribution in [0.15, 0.2) is 22.7 Å². The predicted molar refractivity (Wildman–Crippen MR) is 62.4 cm³/mol. The number of rotatable bonds is 5. The van der Waals surface area contributed by atoms with Crippen LogP contribution in [0.2, 0.25) is 0 Å². The number of hydrogen-bond donors (Lipinski definition) is 3. The second-order valence-electron chi connectivity index (χ2n) is 3.14. The summed E-state index contributed by atoms with van der Waals surface area (Å²) in [7, 11) is 0. The fourth-order valence-electron chi connectivity index (χ4n) is 1.06. The van der Waals surface area contributed by atoms with Crippen molar-refractivity contribution in [3.8, 4) is 0 Å². The summed E-state index contributed by atoms with van der Waals surface area (Å²) in [6.07, 6.45) is -0.886. The maximum absolute atomic E-state index is 10.6. The van der Waals surface area contributed by atoms with Crippen molar-refractivity contribution in [3.05, 3.63) is 32.8 Å². The van der Waals surface area contributed by atoms with Crippen LogP contribution < -0.4 is 5.32 Å². The molecule has 0 spiro atoms. The minimum Gasteiger partial charge on any atom is -0.394 e. The average molecular weight is 291 g/mol. The molecule has 0 aliphatic carbocycles. The third-order valence-corrected chi connectivity index (χ3v) is 2.57. The van der Waals surface area contributed by atoms with E-state index in [0.717, 1.165) is 0 Å². The lowest BCUT2D eigenvalue weighted by molar-refractivity contribution is -0.385. The Bertz CT molecular complexity index is 386. The number of halogens is 1. The smallest absolute Gasteiger partial charge is 0.285 e. The number of benzene rings is 1. The maximum atomic E-state index is 10.6. The Morgan fingerprint density at radius 1 is 1.56 bits per heavy atom. The topological polar surface area (TPSA) is 95.6 Å². The third-order valence-electron chi connectivity index (χ3n) is 1.90. The zero-order valence-corrected chi connectivity index (χ0v) is 9.85. The molecule has 7 heteroatoms. The molecule has 0 saturated heterocycles. The summed E-state index contributed by atoms with van der Waals surface area (Å²) in [4.78, 5) is 10.1. The normalized spacial score (nSPS) is 12.2. The number of hydrogen-bond acceptors (Lipinski definition) is 5. The van der Waals surface area contributed by atoms with E-state index in [-0.39, 0.29) is 18.8 Å². The molecule has 88 valence electrons. The van der Waals surface area contributed by atoms with Gasteiger partial charge in [0.2, 0.25) is 0 Å². The number of aliphatic hydroxyl groups excluding tert-OH is 2. The van der Waals surface area contributed by atoms with Crippen molar-refractivity contribution in [2.24, 2.45) is 0 Å². The minimum atomic E-state index is -0.886. The number of nitro groups is 1. The van der Waals surface area contributed by atoms with Crippen LogP contribution in [0, 0.1) is 10.1 Å². The summed E-state index contributed by atoms with van der Waals surface area (Å²) in [5, 5.41) is 31.1. The van der Waals surface area contributed by atoms with Crippen molar-refractivity contribution in [3.63, 3.8) is 0 Å². The van der Waals surface area contributed by atoms with Gasteiger partial charge in [-0.25, -0.2) is 0 Å². The molecule has 1 aromatic rings. The Balaban J connectivity index is 2.75. The average Bonchev–Trinajstić information content (AvgIpc) is 2.27. The van der Waals surface area contributed by atoms with Crippen molar-refractivity contribution in [1.82, 2.24) is 0 Å². The summed E-state index contributed by atoms with van der Waals surface area (Å²) in [6.45, 7) is -0.221. The standard InChI is InChI=1S/C9H11BrN2O4/c10-8-2-1-6(3-9(8)12(15)16)11-4-7(14)5-13/h1-3,7,11,13-14H,4-5H2. The van der Waals surface area contributed by atoms with Crippen LogP contribution in [0.25, 0.3) is 0 Å². The summed E-state index contributed by atoms with van der Waals surface area (Å²) in [6, 6.07) is 4.54. The number of nitrogens with one attached hydrogen (secondary N) is 1. The number of aliphatic hydroxyl groups is 2. The number of nitro benzene ring substituents is 1. The molecule has 0 aliphatic heterocycles. The van der Waals surface area contributed by atoms with Gasteiger partial charge in [0.1, 0.15) is 0 Å². The first-order valence-electron chi connectivity index (χ1n) is 4.51. The molecular formula is C9H11BrN2O4. The van der Waals surface area contributed by atoms with Crippen LogP contribution in [0.1, 0.15) is 0 Å². The highest BCUT2D eigenvalue weighted by atomic mass is 79.9. The van der Waals surface area contributed by atoms with Gasteiger partial charge < -0.3 is 15.5 Å². The van der Waals surface area contributed by atoms with E-state index in [1.54, 1.807) is 12.1 Å². The van der Waals surface area contributed by atoms with Crippen LogP contribution in [0.5, 0.6) is 0 Å². The summed E-state index contributed by atoms with van der Waals surface area (Å²) < 4.78 is 0.394. The van der Waals surface area contributed by atoms with Gasteiger partial charge >= 0.3 is 0 Å². The first-order valence-corrected chi connectivity index (χ1v) is 5.30. The summed E-state index contributed by atoms with van der Waals surface area (Å²) in [5.41, 5.74) is 0.464. The predicted octanol–water partition coefficient (Wildman–Crippen LogP) is 1.12. The van der Waals surface area contributed by atoms with Crippen LogP contribution >= 0.6 is 15.9 Å². The molecular weight excluding hydrogens is 280 g/mol. The molecule has 16 heavy (non-hydrogen) atoms.